The molecule has 12 nitrogen and oxygen atoms in total. The fourth-order valence-electron chi connectivity index (χ4n) is 4.67. The van der Waals surface area contributed by atoms with Gasteiger partial charge in [0, 0.05) is 34.2 Å². The lowest BCUT2D eigenvalue weighted by Crippen LogP contribution is -2.33. The standard InChI is InChI=1S/C25H19N5O7/c31-9-18-17(32)8-19(37-18)29-10-26-20-23(29)27-11-30(25(20)36)28-24(35)12-5-6-15-16(7-12)22(34)14-4-2-1-3-13(14)21(15)33/h1-7,10-11,17-19,31-32H,8-9H2,(H,28,35)/t17-,18+,19+/m0/s1. The third kappa shape index (κ3) is 3.57. The van der Waals surface area contributed by atoms with Crippen molar-refractivity contribution in [3.05, 3.63) is 93.3 Å². The zero-order chi connectivity index (χ0) is 25.8. The van der Waals surface area contributed by atoms with Crippen LogP contribution < -0.4 is 11.0 Å². The number of nitrogens with zero attached hydrogens (tertiary/aromatic N) is 4. The Bertz CT molecular complexity index is 1670. The summed E-state index contributed by atoms with van der Waals surface area (Å²) in [5, 5.41) is 19.3. The Labute approximate surface area is 207 Å². The highest BCUT2D eigenvalue weighted by molar-refractivity contribution is 6.28. The van der Waals surface area contributed by atoms with Gasteiger partial charge in [0.2, 0.25) is 0 Å². The predicted molar refractivity (Wildman–Crippen MR) is 127 cm³/mol. The molecule has 1 saturated heterocycles. The Morgan fingerprint density at radius 3 is 2.41 bits per heavy atom. The molecule has 12 heteroatoms. The maximum atomic E-state index is 13.0. The number of ketones is 2. The first-order chi connectivity index (χ1) is 17.9. The van der Waals surface area contributed by atoms with Crippen molar-refractivity contribution in [3.63, 3.8) is 0 Å². The number of benzene rings is 2. The van der Waals surface area contributed by atoms with Crippen LogP contribution in [-0.4, -0.2) is 65.7 Å². The molecule has 6 rings (SSSR count). The molecule has 3 heterocycles. The minimum Gasteiger partial charge on any atom is -0.394 e. The van der Waals surface area contributed by atoms with E-state index in [0.29, 0.717) is 5.56 Å². The Morgan fingerprint density at radius 2 is 1.70 bits per heavy atom. The van der Waals surface area contributed by atoms with Gasteiger partial charge in [0.05, 0.1) is 19.0 Å². The van der Waals surface area contributed by atoms with Crippen LogP contribution in [0.2, 0.25) is 0 Å². The number of rotatable bonds is 4. The van der Waals surface area contributed by atoms with E-state index in [1.807, 2.05) is 0 Å². The Morgan fingerprint density at radius 1 is 1.00 bits per heavy atom. The zero-order valence-corrected chi connectivity index (χ0v) is 19.1. The molecule has 1 aliphatic carbocycles. The summed E-state index contributed by atoms with van der Waals surface area (Å²) >= 11 is 0. The molecule has 2 aromatic carbocycles. The molecule has 3 N–H and O–H groups in total. The number of fused-ring (bicyclic) bond motifs is 3. The first kappa shape index (κ1) is 22.9. The highest BCUT2D eigenvalue weighted by Gasteiger charge is 2.35. The number of hydrogen-bond donors (Lipinski definition) is 3. The van der Waals surface area contributed by atoms with Gasteiger partial charge in [-0.1, -0.05) is 24.3 Å². The van der Waals surface area contributed by atoms with E-state index >= 15 is 0 Å². The number of carbonyl (C=O) groups excluding carboxylic acids is 3. The number of imidazole rings is 1. The van der Waals surface area contributed by atoms with Gasteiger partial charge in [-0.2, -0.15) is 0 Å². The van der Waals surface area contributed by atoms with Gasteiger partial charge in [0.25, 0.3) is 11.5 Å². The van der Waals surface area contributed by atoms with Crippen molar-refractivity contribution >= 4 is 28.6 Å². The predicted octanol–water partition coefficient (Wildman–Crippen LogP) is 0.393. The molecule has 1 fully saturated rings. The summed E-state index contributed by atoms with van der Waals surface area (Å²) in [6.45, 7) is -0.356. The first-order valence-corrected chi connectivity index (χ1v) is 11.4. The first-order valence-electron chi connectivity index (χ1n) is 11.4. The molecular weight excluding hydrogens is 482 g/mol. The van der Waals surface area contributed by atoms with Crippen LogP contribution in [0.15, 0.2) is 59.9 Å². The van der Waals surface area contributed by atoms with Gasteiger partial charge in [-0.3, -0.25) is 29.2 Å². The molecule has 0 unspecified atom stereocenters. The van der Waals surface area contributed by atoms with Crippen LogP contribution in [0.3, 0.4) is 0 Å². The Balaban J connectivity index is 1.28. The Hall–Kier alpha value is -4.52. The number of amides is 1. The summed E-state index contributed by atoms with van der Waals surface area (Å²) in [5.74, 6) is -1.37. The van der Waals surface area contributed by atoms with Crippen molar-refractivity contribution in [2.24, 2.45) is 0 Å². The van der Waals surface area contributed by atoms with E-state index in [2.05, 4.69) is 15.4 Å². The van der Waals surface area contributed by atoms with Gasteiger partial charge in [-0.25, -0.2) is 14.6 Å². The van der Waals surface area contributed by atoms with Crippen molar-refractivity contribution in [1.29, 1.82) is 0 Å². The lowest BCUT2D eigenvalue weighted by molar-refractivity contribution is -0.0432. The van der Waals surface area contributed by atoms with Crippen LogP contribution in [-0.2, 0) is 4.74 Å². The molecule has 0 radical (unpaired) electrons. The smallest absolute Gasteiger partial charge is 0.300 e. The zero-order valence-electron chi connectivity index (χ0n) is 19.1. The molecule has 0 bridgehead atoms. The molecule has 3 atom stereocenters. The lowest BCUT2D eigenvalue weighted by atomic mass is 9.83. The van der Waals surface area contributed by atoms with E-state index in [9.17, 15) is 29.4 Å². The number of aliphatic hydroxyl groups excluding tert-OH is 2. The van der Waals surface area contributed by atoms with E-state index < -0.39 is 29.9 Å². The van der Waals surface area contributed by atoms with Crippen LogP contribution in [0.4, 0.5) is 0 Å². The molecule has 1 aliphatic heterocycles. The van der Waals surface area contributed by atoms with E-state index in [1.54, 1.807) is 24.3 Å². The third-order valence-electron chi connectivity index (χ3n) is 6.59. The van der Waals surface area contributed by atoms with Crippen molar-refractivity contribution in [1.82, 2.24) is 19.2 Å². The summed E-state index contributed by atoms with van der Waals surface area (Å²) in [5.41, 5.74) is 2.86. The second kappa shape index (κ2) is 8.55. The fourth-order valence-corrected chi connectivity index (χ4v) is 4.67. The monoisotopic (exact) mass is 501 g/mol. The highest BCUT2D eigenvalue weighted by Crippen LogP contribution is 2.30. The molecule has 2 aliphatic rings. The largest absolute Gasteiger partial charge is 0.394 e. The summed E-state index contributed by atoms with van der Waals surface area (Å²) in [6.07, 6.45) is 0.331. The van der Waals surface area contributed by atoms with Crippen molar-refractivity contribution < 1.29 is 29.3 Å². The molecule has 0 saturated carbocycles. The normalized spacial score (nSPS) is 20.6. The maximum Gasteiger partial charge on any atom is 0.300 e. The van der Waals surface area contributed by atoms with Crippen LogP contribution in [0.1, 0.15) is 54.8 Å². The van der Waals surface area contributed by atoms with Gasteiger partial charge >= 0.3 is 0 Å². The molecule has 0 spiro atoms. The van der Waals surface area contributed by atoms with E-state index in [1.165, 1.54) is 29.1 Å². The van der Waals surface area contributed by atoms with Crippen LogP contribution in [0.25, 0.3) is 11.2 Å². The fraction of sp³-hybridized carbons (Fsp3) is 0.200. The van der Waals surface area contributed by atoms with Crippen molar-refractivity contribution in [3.8, 4) is 0 Å². The lowest BCUT2D eigenvalue weighted by Gasteiger charge is -2.18. The summed E-state index contributed by atoms with van der Waals surface area (Å²) < 4.78 is 7.95. The number of ether oxygens (including phenoxy) is 1. The number of aliphatic hydroxyl groups is 2. The van der Waals surface area contributed by atoms with Gasteiger partial charge in [-0.15, -0.1) is 0 Å². The third-order valence-corrected chi connectivity index (χ3v) is 6.59. The van der Waals surface area contributed by atoms with Gasteiger partial charge in [0.15, 0.2) is 22.7 Å². The van der Waals surface area contributed by atoms with Gasteiger partial charge < -0.3 is 14.9 Å². The number of carbonyl (C=O) groups is 3. The summed E-state index contributed by atoms with van der Waals surface area (Å²) in [4.78, 5) is 60.0. The summed E-state index contributed by atoms with van der Waals surface area (Å²) in [6, 6.07) is 10.6. The van der Waals surface area contributed by atoms with E-state index in [4.69, 9.17) is 4.74 Å². The molecule has 2 aromatic heterocycles. The van der Waals surface area contributed by atoms with E-state index in [-0.39, 0.29) is 58.0 Å². The molecule has 4 aromatic rings. The second-order valence-corrected chi connectivity index (χ2v) is 8.76. The van der Waals surface area contributed by atoms with Gasteiger partial charge in [0.1, 0.15) is 18.7 Å². The number of nitrogens with one attached hydrogen (secondary N) is 1. The molecular formula is C25H19N5O7. The highest BCUT2D eigenvalue weighted by atomic mass is 16.5. The second-order valence-electron chi connectivity index (χ2n) is 8.76. The number of hydrogen-bond acceptors (Lipinski definition) is 9. The molecule has 1 amide bonds. The minimum atomic E-state index is -0.876. The SMILES string of the molecule is O=C(Nn1cnc2c(ncn2[C@H]2C[C@H](O)[C@@H](CO)O2)c1=O)c1ccc2c(c1)C(=O)c1ccccc1C2=O. The van der Waals surface area contributed by atoms with Crippen molar-refractivity contribution in [2.45, 2.75) is 24.9 Å². The minimum absolute atomic E-state index is 0.0452. The Kier molecular flexibility index (Phi) is 5.30. The number of aromatic nitrogens is 4. The molecule has 186 valence electrons. The quantitative estimate of drug-likeness (QED) is 0.316. The average Bonchev–Trinajstić information content (AvgIpc) is 3.52. The van der Waals surface area contributed by atoms with Crippen molar-refractivity contribution in [2.75, 3.05) is 12.0 Å². The van der Waals surface area contributed by atoms with Crippen LogP contribution in [0, 0.1) is 0 Å². The van der Waals surface area contributed by atoms with Gasteiger partial charge in [-0.05, 0) is 18.2 Å². The van der Waals surface area contributed by atoms with E-state index in [0.717, 1.165) is 11.0 Å². The maximum absolute atomic E-state index is 13.0. The molecule has 37 heavy (non-hydrogen) atoms. The summed E-state index contributed by atoms with van der Waals surface area (Å²) in [7, 11) is 0. The van der Waals surface area contributed by atoms with Crippen LogP contribution in [0.5, 0.6) is 0 Å². The topological polar surface area (TPSA) is 166 Å². The average molecular weight is 501 g/mol. The van der Waals surface area contributed by atoms with Crippen LogP contribution >= 0.6 is 0 Å².